The van der Waals surface area contributed by atoms with Crippen LogP contribution in [0.3, 0.4) is 0 Å². The number of hydrogen-bond donors (Lipinski definition) is 0. The van der Waals surface area contributed by atoms with Crippen molar-refractivity contribution in [3.05, 3.63) is 77.0 Å². The summed E-state index contributed by atoms with van der Waals surface area (Å²) in [6.45, 7) is 2.23. The van der Waals surface area contributed by atoms with E-state index in [1.807, 2.05) is 6.92 Å². The molecule has 1 aliphatic heterocycles. The van der Waals surface area contributed by atoms with Crippen molar-refractivity contribution in [1.29, 1.82) is 0 Å². The molecule has 1 amide bonds. The third-order valence-electron chi connectivity index (χ3n) is 5.84. The van der Waals surface area contributed by atoms with Gasteiger partial charge in [-0.15, -0.1) is 0 Å². The predicted molar refractivity (Wildman–Crippen MR) is 111 cm³/mol. The van der Waals surface area contributed by atoms with E-state index >= 15 is 0 Å². The summed E-state index contributed by atoms with van der Waals surface area (Å²) >= 11 is 0. The number of nitrogens with zero attached hydrogens (tertiary/aromatic N) is 5. The molecule has 0 spiro atoms. The highest BCUT2D eigenvalue weighted by atomic mass is 19.2. The molecule has 0 saturated carbocycles. The average Bonchev–Trinajstić information content (AvgIpc) is 3.13. The minimum absolute atomic E-state index is 0.202. The molecule has 1 atom stereocenters. The number of carbonyl (C=O) groups excluding carboxylic acids is 1. The van der Waals surface area contributed by atoms with Crippen LogP contribution in [0.25, 0.3) is 22.3 Å². The lowest BCUT2D eigenvalue weighted by Gasteiger charge is -2.32. The molecule has 1 aromatic carbocycles. The highest BCUT2D eigenvalue weighted by molar-refractivity contribution is 5.95. The molecule has 0 bridgehead atoms. The van der Waals surface area contributed by atoms with Gasteiger partial charge in [-0.1, -0.05) is 0 Å². The van der Waals surface area contributed by atoms with E-state index in [0.29, 0.717) is 41.1 Å². The molecule has 4 aromatic rings. The monoisotopic (exact) mass is 437 g/mol. The number of pyridine rings is 2. The summed E-state index contributed by atoms with van der Waals surface area (Å²) in [4.78, 5) is 23.6. The minimum Gasteiger partial charge on any atom is -0.329 e. The number of rotatable bonds is 2. The standard InChI is InChI=1S/C23H18F3N5O/c1-12-21-14(22(30(2)29-21)13-10-15(24)20(26)16(25)11-13)7-9-31(12)23(32)19-6-5-17-18(28-19)4-3-8-27-17/h3-6,8,10-12H,7,9H2,1-2H3. The third kappa shape index (κ3) is 3.12. The molecule has 0 saturated heterocycles. The molecule has 3 aromatic heterocycles. The van der Waals surface area contributed by atoms with Gasteiger partial charge in [0.05, 0.1) is 28.5 Å². The number of benzene rings is 1. The Bertz CT molecular complexity index is 1360. The Morgan fingerprint density at radius 3 is 2.59 bits per heavy atom. The van der Waals surface area contributed by atoms with Gasteiger partial charge >= 0.3 is 0 Å². The SMILES string of the molecule is CC1c2nn(C)c(-c3cc(F)c(F)c(F)c3)c2CCN1C(=O)c1ccc2ncccc2n1. The maximum absolute atomic E-state index is 13.8. The number of hydrogen-bond acceptors (Lipinski definition) is 4. The van der Waals surface area contributed by atoms with Crippen LogP contribution in [-0.2, 0) is 13.5 Å². The first-order valence-electron chi connectivity index (χ1n) is 10.1. The molecule has 9 heteroatoms. The molecule has 0 N–H and O–H groups in total. The Morgan fingerprint density at radius 2 is 1.84 bits per heavy atom. The molecule has 0 aliphatic carbocycles. The quantitative estimate of drug-likeness (QED) is 0.441. The second-order valence-corrected chi connectivity index (χ2v) is 7.75. The van der Waals surface area contributed by atoms with Gasteiger partial charge in [0.25, 0.3) is 5.91 Å². The first kappa shape index (κ1) is 20.2. The van der Waals surface area contributed by atoms with Gasteiger partial charge in [-0.2, -0.15) is 5.10 Å². The van der Waals surface area contributed by atoms with Gasteiger partial charge < -0.3 is 4.90 Å². The summed E-state index contributed by atoms with van der Waals surface area (Å²) in [6.07, 6.45) is 2.10. The van der Waals surface area contributed by atoms with E-state index in [1.54, 1.807) is 42.4 Å². The summed E-state index contributed by atoms with van der Waals surface area (Å²) in [5, 5.41) is 4.52. The topological polar surface area (TPSA) is 63.9 Å². The summed E-state index contributed by atoms with van der Waals surface area (Å²) < 4.78 is 42.6. The smallest absolute Gasteiger partial charge is 0.273 e. The van der Waals surface area contributed by atoms with E-state index in [0.717, 1.165) is 17.7 Å². The molecule has 0 fully saturated rings. The van der Waals surface area contributed by atoms with Crippen LogP contribution < -0.4 is 0 Å². The number of fused-ring (bicyclic) bond motifs is 2. The second kappa shape index (κ2) is 7.44. The Labute approximate surface area is 181 Å². The molecule has 0 radical (unpaired) electrons. The van der Waals surface area contributed by atoms with Crippen molar-refractivity contribution >= 4 is 16.9 Å². The Hall–Kier alpha value is -3.75. The molecule has 1 aliphatic rings. The van der Waals surface area contributed by atoms with Crippen molar-refractivity contribution in [3.63, 3.8) is 0 Å². The van der Waals surface area contributed by atoms with Gasteiger partial charge in [0.15, 0.2) is 17.5 Å². The van der Waals surface area contributed by atoms with Crippen molar-refractivity contribution in [2.24, 2.45) is 7.05 Å². The summed E-state index contributed by atoms with van der Waals surface area (Å²) in [6, 6.07) is 8.50. The maximum atomic E-state index is 13.8. The van der Waals surface area contributed by atoms with E-state index in [9.17, 15) is 18.0 Å². The lowest BCUT2D eigenvalue weighted by atomic mass is 9.95. The zero-order valence-corrected chi connectivity index (χ0v) is 17.3. The minimum atomic E-state index is -1.51. The molecule has 32 heavy (non-hydrogen) atoms. The number of aromatic nitrogens is 4. The van der Waals surface area contributed by atoms with Crippen molar-refractivity contribution in [1.82, 2.24) is 24.6 Å². The molecule has 1 unspecified atom stereocenters. The third-order valence-corrected chi connectivity index (χ3v) is 5.84. The van der Waals surface area contributed by atoms with Gasteiger partial charge in [-0.3, -0.25) is 14.5 Å². The van der Waals surface area contributed by atoms with Crippen LogP contribution in [0.15, 0.2) is 42.6 Å². The van der Waals surface area contributed by atoms with Crippen molar-refractivity contribution in [3.8, 4) is 11.3 Å². The Morgan fingerprint density at radius 1 is 1.09 bits per heavy atom. The highest BCUT2D eigenvalue weighted by Crippen LogP contribution is 2.36. The van der Waals surface area contributed by atoms with Gasteiger partial charge in [0.1, 0.15) is 5.69 Å². The fourth-order valence-electron chi connectivity index (χ4n) is 4.30. The fraction of sp³-hybridized carbons (Fsp3) is 0.217. The average molecular weight is 437 g/mol. The lowest BCUT2D eigenvalue weighted by Crippen LogP contribution is -2.39. The van der Waals surface area contributed by atoms with Crippen LogP contribution in [0.2, 0.25) is 0 Å². The van der Waals surface area contributed by atoms with Crippen molar-refractivity contribution < 1.29 is 18.0 Å². The summed E-state index contributed by atoms with van der Waals surface area (Å²) in [5.74, 6) is -4.26. The number of aryl methyl sites for hydroxylation is 1. The number of carbonyl (C=O) groups is 1. The zero-order valence-electron chi connectivity index (χ0n) is 17.3. The molecular formula is C23H18F3N5O. The molecule has 162 valence electrons. The Kier molecular flexibility index (Phi) is 4.69. The van der Waals surface area contributed by atoms with Crippen molar-refractivity contribution in [2.45, 2.75) is 19.4 Å². The van der Waals surface area contributed by atoms with E-state index in [2.05, 4.69) is 15.1 Å². The molecule has 4 heterocycles. The molecule has 5 rings (SSSR count). The van der Waals surface area contributed by atoms with Gasteiger partial charge in [0, 0.05) is 30.9 Å². The van der Waals surface area contributed by atoms with Crippen LogP contribution >= 0.6 is 0 Å². The second-order valence-electron chi connectivity index (χ2n) is 7.75. The van der Waals surface area contributed by atoms with E-state index in [1.165, 1.54) is 4.68 Å². The Balaban J connectivity index is 1.51. The van der Waals surface area contributed by atoms with Crippen LogP contribution in [0.4, 0.5) is 13.2 Å². The number of amides is 1. The van der Waals surface area contributed by atoms with Crippen LogP contribution in [0.5, 0.6) is 0 Å². The zero-order chi connectivity index (χ0) is 22.6. The van der Waals surface area contributed by atoms with Gasteiger partial charge in [-0.25, -0.2) is 18.2 Å². The number of halogens is 3. The fourth-order valence-corrected chi connectivity index (χ4v) is 4.30. The highest BCUT2D eigenvalue weighted by Gasteiger charge is 2.34. The maximum Gasteiger partial charge on any atom is 0.273 e. The lowest BCUT2D eigenvalue weighted by molar-refractivity contribution is 0.0668. The largest absolute Gasteiger partial charge is 0.329 e. The predicted octanol–water partition coefficient (Wildman–Crippen LogP) is 4.21. The van der Waals surface area contributed by atoms with E-state index in [-0.39, 0.29) is 17.5 Å². The first-order chi connectivity index (χ1) is 15.3. The molecule has 6 nitrogen and oxygen atoms in total. The van der Waals surface area contributed by atoms with Gasteiger partial charge in [-0.05, 0) is 49.7 Å². The molecular weight excluding hydrogens is 419 g/mol. The normalized spacial score (nSPS) is 15.8. The van der Waals surface area contributed by atoms with E-state index < -0.39 is 17.5 Å². The van der Waals surface area contributed by atoms with Crippen LogP contribution in [0.1, 0.15) is 34.7 Å². The van der Waals surface area contributed by atoms with Crippen LogP contribution in [-0.4, -0.2) is 37.1 Å². The summed E-state index contributed by atoms with van der Waals surface area (Å²) in [7, 11) is 1.66. The van der Waals surface area contributed by atoms with E-state index in [4.69, 9.17) is 0 Å². The first-order valence-corrected chi connectivity index (χ1v) is 10.1. The van der Waals surface area contributed by atoms with Crippen molar-refractivity contribution in [2.75, 3.05) is 6.54 Å². The van der Waals surface area contributed by atoms with Crippen LogP contribution in [0, 0.1) is 17.5 Å². The van der Waals surface area contributed by atoms with Gasteiger partial charge in [0.2, 0.25) is 0 Å². The summed E-state index contributed by atoms with van der Waals surface area (Å²) in [5.41, 5.74) is 3.76.